The van der Waals surface area contributed by atoms with Crippen LogP contribution in [0.25, 0.3) is 0 Å². The molecule has 0 aromatic heterocycles. The summed E-state index contributed by atoms with van der Waals surface area (Å²) in [6, 6.07) is 9.84. The molecule has 2 N–H and O–H groups in total. The molecule has 3 aliphatic rings. The largest absolute Gasteiger partial charge is 0.350 e. The number of carbonyl (C=O) groups excluding carboxylic acids is 3. The summed E-state index contributed by atoms with van der Waals surface area (Å²) < 4.78 is 0. The van der Waals surface area contributed by atoms with Crippen molar-refractivity contribution in [3.8, 4) is 0 Å². The van der Waals surface area contributed by atoms with Gasteiger partial charge in [-0.15, -0.1) is 0 Å². The molecule has 1 aromatic carbocycles. The predicted octanol–water partition coefficient (Wildman–Crippen LogP) is 1.10. The number of rotatable bonds is 6. The van der Waals surface area contributed by atoms with Crippen LogP contribution in [0.2, 0.25) is 0 Å². The van der Waals surface area contributed by atoms with E-state index < -0.39 is 11.6 Å². The lowest BCUT2D eigenvalue weighted by Crippen LogP contribution is -2.48. The van der Waals surface area contributed by atoms with Gasteiger partial charge in [-0.25, -0.2) is 4.79 Å². The van der Waals surface area contributed by atoms with Gasteiger partial charge in [0.05, 0.1) is 0 Å². The Labute approximate surface area is 159 Å². The number of benzene rings is 1. The van der Waals surface area contributed by atoms with E-state index in [1.54, 1.807) is 6.92 Å². The Hall–Kier alpha value is -2.41. The van der Waals surface area contributed by atoms with Crippen molar-refractivity contribution < 1.29 is 14.4 Å². The molecule has 3 fully saturated rings. The van der Waals surface area contributed by atoms with E-state index in [1.807, 2.05) is 18.2 Å². The lowest BCUT2D eigenvalue weighted by atomic mass is 9.96. The van der Waals surface area contributed by atoms with E-state index in [4.69, 9.17) is 0 Å². The second kappa shape index (κ2) is 6.96. The van der Waals surface area contributed by atoms with Crippen molar-refractivity contribution in [1.29, 1.82) is 0 Å². The van der Waals surface area contributed by atoms with Gasteiger partial charge in [-0.1, -0.05) is 30.3 Å². The van der Waals surface area contributed by atoms with Crippen LogP contribution < -0.4 is 10.6 Å². The molecule has 4 amide bonds. The normalized spacial score (nSPS) is 28.5. The highest BCUT2D eigenvalue weighted by atomic mass is 16.2. The van der Waals surface area contributed by atoms with Gasteiger partial charge in [0.2, 0.25) is 5.91 Å². The minimum Gasteiger partial charge on any atom is -0.350 e. The maximum atomic E-state index is 12.6. The summed E-state index contributed by atoms with van der Waals surface area (Å²) in [4.78, 5) is 40.5. The van der Waals surface area contributed by atoms with Gasteiger partial charge in [0, 0.05) is 25.7 Å². The van der Waals surface area contributed by atoms with Crippen LogP contribution in [0.5, 0.6) is 0 Å². The van der Waals surface area contributed by atoms with Crippen molar-refractivity contribution in [3.63, 3.8) is 0 Å². The van der Waals surface area contributed by atoms with Crippen LogP contribution in [-0.4, -0.2) is 58.9 Å². The summed E-state index contributed by atoms with van der Waals surface area (Å²) in [6.07, 6.45) is 2.77. The zero-order chi connectivity index (χ0) is 19.0. The SMILES string of the molecule is CC1(C2CC2)NC(=O)N(CC(=O)NC2CCN(Cc3ccccc3)C2)C1=O. The molecule has 2 saturated heterocycles. The van der Waals surface area contributed by atoms with Crippen LogP contribution in [-0.2, 0) is 16.1 Å². The van der Waals surface area contributed by atoms with Crippen LogP contribution in [0.4, 0.5) is 4.79 Å². The topological polar surface area (TPSA) is 81.8 Å². The Bertz CT molecular complexity index is 749. The number of likely N-dealkylation sites (tertiary alicyclic amines) is 1. The van der Waals surface area contributed by atoms with Crippen molar-refractivity contribution in [2.75, 3.05) is 19.6 Å². The average molecular weight is 370 g/mol. The van der Waals surface area contributed by atoms with Crippen molar-refractivity contribution >= 4 is 17.8 Å². The second-order valence-electron chi connectivity index (χ2n) is 8.07. The average Bonchev–Trinajstić information content (AvgIpc) is 3.38. The van der Waals surface area contributed by atoms with Gasteiger partial charge in [-0.2, -0.15) is 0 Å². The molecule has 2 heterocycles. The van der Waals surface area contributed by atoms with Crippen LogP contribution in [0, 0.1) is 5.92 Å². The van der Waals surface area contributed by atoms with Crippen molar-refractivity contribution in [3.05, 3.63) is 35.9 Å². The number of nitrogens with one attached hydrogen (secondary N) is 2. The molecule has 144 valence electrons. The molecule has 1 saturated carbocycles. The molecular formula is C20H26N4O3. The Kier molecular flexibility index (Phi) is 4.63. The fraction of sp³-hybridized carbons (Fsp3) is 0.550. The van der Waals surface area contributed by atoms with Crippen molar-refractivity contribution in [2.45, 2.75) is 44.3 Å². The summed E-state index contributed by atoms with van der Waals surface area (Å²) >= 11 is 0. The van der Waals surface area contributed by atoms with Gasteiger partial charge < -0.3 is 10.6 Å². The van der Waals surface area contributed by atoms with Crippen LogP contribution in [0.3, 0.4) is 0 Å². The van der Waals surface area contributed by atoms with Gasteiger partial charge in [-0.05, 0) is 37.7 Å². The molecule has 2 unspecified atom stereocenters. The van der Waals surface area contributed by atoms with Crippen LogP contribution in [0.15, 0.2) is 30.3 Å². The molecule has 0 radical (unpaired) electrons. The number of hydrogen-bond acceptors (Lipinski definition) is 4. The molecular weight excluding hydrogens is 344 g/mol. The van der Waals surface area contributed by atoms with Crippen molar-refractivity contribution in [1.82, 2.24) is 20.4 Å². The highest BCUT2D eigenvalue weighted by Crippen LogP contribution is 2.42. The van der Waals surface area contributed by atoms with Gasteiger partial charge in [0.1, 0.15) is 12.1 Å². The number of nitrogens with zero attached hydrogens (tertiary/aromatic N) is 2. The van der Waals surface area contributed by atoms with Crippen LogP contribution in [0.1, 0.15) is 31.7 Å². The smallest absolute Gasteiger partial charge is 0.325 e. The first-order chi connectivity index (χ1) is 13.0. The van der Waals surface area contributed by atoms with Crippen molar-refractivity contribution in [2.24, 2.45) is 5.92 Å². The zero-order valence-electron chi connectivity index (χ0n) is 15.6. The van der Waals surface area contributed by atoms with Crippen LogP contribution >= 0.6 is 0 Å². The monoisotopic (exact) mass is 370 g/mol. The van der Waals surface area contributed by atoms with E-state index in [9.17, 15) is 14.4 Å². The first-order valence-electron chi connectivity index (χ1n) is 9.65. The first kappa shape index (κ1) is 18.0. The summed E-state index contributed by atoms with van der Waals surface area (Å²) in [5.74, 6) is -0.351. The summed E-state index contributed by atoms with van der Waals surface area (Å²) in [6.45, 7) is 4.12. The molecule has 2 aliphatic heterocycles. The van der Waals surface area contributed by atoms with E-state index in [-0.39, 0.29) is 30.3 Å². The van der Waals surface area contributed by atoms with Gasteiger partial charge in [-0.3, -0.25) is 19.4 Å². The Morgan fingerprint density at radius 3 is 2.67 bits per heavy atom. The summed E-state index contributed by atoms with van der Waals surface area (Å²) in [5.41, 5.74) is 0.417. The molecule has 4 rings (SSSR count). The van der Waals surface area contributed by atoms with E-state index in [0.29, 0.717) is 0 Å². The molecule has 27 heavy (non-hydrogen) atoms. The predicted molar refractivity (Wildman–Crippen MR) is 99.6 cm³/mol. The molecule has 2 atom stereocenters. The maximum absolute atomic E-state index is 12.6. The van der Waals surface area contributed by atoms with Gasteiger partial charge in [0.15, 0.2) is 0 Å². The molecule has 0 bridgehead atoms. The number of hydrogen-bond donors (Lipinski definition) is 2. The third kappa shape index (κ3) is 3.69. The minimum atomic E-state index is -0.836. The summed E-state index contributed by atoms with van der Waals surface area (Å²) in [7, 11) is 0. The quantitative estimate of drug-likeness (QED) is 0.735. The Morgan fingerprint density at radius 1 is 1.22 bits per heavy atom. The third-order valence-electron chi connectivity index (χ3n) is 5.88. The standard InChI is InChI=1S/C20H26N4O3/c1-20(15-7-8-15)18(26)24(19(27)22-20)13-17(25)21-16-9-10-23(12-16)11-14-5-3-2-4-6-14/h2-6,15-16H,7-13H2,1H3,(H,21,25)(H,22,27). The van der Waals surface area contributed by atoms with Gasteiger partial charge >= 0.3 is 6.03 Å². The highest BCUT2D eigenvalue weighted by molar-refractivity contribution is 6.09. The molecule has 7 heteroatoms. The number of carbonyl (C=O) groups is 3. The number of amides is 4. The molecule has 0 spiro atoms. The Balaban J connectivity index is 1.27. The zero-order valence-corrected chi connectivity index (χ0v) is 15.6. The fourth-order valence-corrected chi connectivity index (χ4v) is 4.15. The lowest BCUT2D eigenvalue weighted by Gasteiger charge is -2.21. The van der Waals surface area contributed by atoms with E-state index in [0.717, 1.165) is 43.8 Å². The van der Waals surface area contributed by atoms with E-state index in [1.165, 1.54) is 5.56 Å². The minimum absolute atomic E-state index is 0.0526. The Morgan fingerprint density at radius 2 is 1.96 bits per heavy atom. The maximum Gasteiger partial charge on any atom is 0.325 e. The highest BCUT2D eigenvalue weighted by Gasteiger charge is 2.56. The fourth-order valence-electron chi connectivity index (χ4n) is 4.15. The molecule has 1 aliphatic carbocycles. The molecule has 1 aromatic rings. The van der Waals surface area contributed by atoms with E-state index >= 15 is 0 Å². The molecule has 7 nitrogen and oxygen atoms in total. The lowest BCUT2D eigenvalue weighted by molar-refractivity contribution is -0.135. The van der Waals surface area contributed by atoms with Gasteiger partial charge in [0.25, 0.3) is 5.91 Å². The second-order valence-corrected chi connectivity index (χ2v) is 8.07. The third-order valence-corrected chi connectivity index (χ3v) is 5.88. The number of urea groups is 1. The number of imide groups is 1. The first-order valence-corrected chi connectivity index (χ1v) is 9.65. The van der Waals surface area contributed by atoms with E-state index in [2.05, 4.69) is 27.7 Å². The summed E-state index contributed by atoms with van der Waals surface area (Å²) in [5, 5.41) is 5.75.